The van der Waals surface area contributed by atoms with E-state index in [1.165, 1.54) is 10.9 Å². The third kappa shape index (κ3) is 1.69. The summed E-state index contributed by atoms with van der Waals surface area (Å²) in [5.74, 6) is -2.62. The first-order valence-electron chi connectivity index (χ1n) is 4.68. The van der Waals surface area contributed by atoms with E-state index in [9.17, 15) is 8.78 Å². The van der Waals surface area contributed by atoms with Crippen LogP contribution in [0.15, 0.2) is 16.9 Å². The third-order valence-corrected chi connectivity index (χ3v) is 3.27. The molecular weight excluding hydrogens is 254 g/mol. The van der Waals surface area contributed by atoms with Crippen LogP contribution in [0.2, 0.25) is 0 Å². The van der Waals surface area contributed by atoms with E-state index in [1.54, 1.807) is 6.07 Å². The zero-order valence-corrected chi connectivity index (χ0v) is 9.17. The Morgan fingerprint density at radius 2 is 2.29 bits per heavy atom. The van der Waals surface area contributed by atoms with Gasteiger partial charge in [-0.3, -0.25) is 0 Å². The largest absolute Gasteiger partial charge is 0.270 e. The molecule has 1 aliphatic rings. The summed E-state index contributed by atoms with van der Waals surface area (Å²) in [4.78, 5) is 0. The molecule has 14 heavy (non-hydrogen) atoms. The summed E-state index contributed by atoms with van der Waals surface area (Å²) >= 11 is 3.22. The van der Waals surface area contributed by atoms with Crippen molar-refractivity contribution in [2.75, 3.05) is 0 Å². The molecule has 0 spiro atoms. The lowest BCUT2D eigenvalue weighted by Crippen LogP contribution is -2.34. The van der Waals surface area contributed by atoms with Crippen LogP contribution in [0.1, 0.15) is 31.7 Å². The van der Waals surface area contributed by atoms with Crippen molar-refractivity contribution < 1.29 is 8.78 Å². The second kappa shape index (κ2) is 3.61. The van der Waals surface area contributed by atoms with E-state index in [0.29, 0.717) is 17.4 Å². The maximum atomic E-state index is 13.5. The molecule has 1 heterocycles. The first kappa shape index (κ1) is 10.1. The van der Waals surface area contributed by atoms with Crippen molar-refractivity contribution in [2.24, 2.45) is 0 Å². The van der Waals surface area contributed by atoms with Gasteiger partial charge in [0.15, 0.2) is 0 Å². The number of hydrogen-bond acceptors (Lipinski definition) is 1. The average molecular weight is 265 g/mol. The second-order valence-corrected chi connectivity index (χ2v) is 4.43. The van der Waals surface area contributed by atoms with Crippen LogP contribution in [0.4, 0.5) is 8.78 Å². The number of rotatable bonds is 1. The van der Waals surface area contributed by atoms with Crippen molar-refractivity contribution in [2.45, 2.75) is 37.6 Å². The molecule has 1 atom stereocenters. The highest BCUT2D eigenvalue weighted by atomic mass is 79.9. The number of aromatic nitrogens is 2. The Balaban J connectivity index is 2.28. The molecule has 2 rings (SSSR count). The Bertz CT molecular complexity index is 324. The van der Waals surface area contributed by atoms with E-state index in [2.05, 4.69) is 21.0 Å². The van der Waals surface area contributed by atoms with Crippen molar-refractivity contribution in [3.8, 4) is 0 Å². The summed E-state index contributed by atoms with van der Waals surface area (Å²) in [6, 6.07) is 0.908. The highest BCUT2D eigenvalue weighted by Crippen LogP contribution is 2.42. The minimum Gasteiger partial charge on any atom is -0.249 e. The fourth-order valence-electron chi connectivity index (χ4n) is 1.90. The van der Waals surface area contributed by atoms with Gasteiger partial charge in [-0.2, -0.15) is 5.10 Å². The molecule has 1 saturated carbocycles. The molecule has 0 saturated heterocycles. The van der Waals surface area contributed by atoms with Gasteiger partial charge in [-0.15, -0.1) is 0 Å². The Kier molecular flexibility index (Phi) is 2.60. The van der Waals surface area contributed by atoms with Gasteiger partial charge < -0.3 is 0 Å². The van der Waals surface area contributed by atoms with Crippen molar-refractivity contribution in [1.82, 2.24) is 9.78 Å². The van der Waals surface area contributed by atoms with E-state index in [0.717, 1.165) is 6.42 Å². The van der Waals surface area contributed by atoms with E-state index < -0.39 is 12.0 Å². The summed E-state index contributed by atoms with van der Waals surface area (Å²) in [7, 11) is 0. The summed E-state index contributed by atoms with van der Waals surface area (Å²) < 4.78 is 29.1. The summed E-state index contributed by atoms with van der Waals surface area (Å²) in [5, 5.41) is 3.92. The van der Waals surface area contributed by atoms with Gasteiger partial charge in [-0.1, -0.05) is 6.42 Å². The van der Waals surface area contributed by atoms with Gasteiger partial charge in [0.05, 0.1) is 6.20 Å². The molecule has 0 aliphatic heterocycles. The molecule has 0 radical (unpaired) electrons. The van der Waals surface area contributed by atoms with Crippen LogP contribution in [0.25, 0.3) is 0 Å². The molecule has 1 fully saturated rings. The molecule has 78 valence electrons. The van der Waals surface area contributed by atoms with E-state index >= 15 is 0 Å². The van der Waals surface area contributed by atoms with Crippen molar-refractivity contribution in [3.63, 3.8) is 0 Å². The molecule has 1 unspecified atom stereocenters. The minimum absolute atomic E-state index is 0.0238. The maximum Gasteiger partial charge on any atom is 0.270 e. The van der Waals surface area contributed by atoms with Gasteiger partial charge >= 0.3 is 0 Å². The topological polar surface area (TPSA) is 17.8 Å². The van der Waals surface area contributed by atoms with Crippen LogP contribution >= 0.6 is 15.9 Å². The van der Waals surface area contributed by atoms with Crippen molar-refractivity contribution >= 4 is 15.9 Å². The Morgan fingerprint density at radius 3 is 2.86 bits per heavy atom. The summed E-state index contributed by atoms with van der Waals surface area (Å²) in [6.45, 7) is 0. The molecule has 1 aromatic heterocycles. The SMILES string of the molecule is FC1(F)CCCCC1n1nccc1Br. The Hall–Kier alpha value is -0.450. The number of alkyl halides is 2. The molecule has 0 N–H and O–H groups in total. The van der Waals surface area contributed by atoms with Crippen LogP contribution in [0, 0.1) is 0 Å². The fraction of sp³-hybridized carbons (Fsp3) is 0.667. The number of hydrogen-bond donors (Lipinski definition) is 0. The van der Waals surface area contributed by atoms with E-state index in [-0.39, 0.29) is 6.42 Å². The third-order valence-electron chi connectivity index (χ3n) is 2.64. The van der Waals surface area contributed by atoms with E-state index in [1.807, 2.05) is 0 Å². The van der Waals surface area contributed by atoms with Gasteiger partial charge in [0.2, 0.25) is 0 Å². The zero-order valence-electron chi connectivity index (χ0n) is 7.59. The molecule has 1 aliphatic carbocycles. The minimum atomic E-state index is -2.62. The van der Waals surface area contributed by atoms with Gasteiger partial charge in [-0.25, -0.2) is 13.5 Å². The normalized spacial score (nSPS) is 26.4. The lowest BCUT2D eigenvalue weighted by molar-refractivity contribution is -0.0825. The van der Waals surface area contributed by atoms with Crippen LogP contribution in [-0.4, -0.2) is 15.7 Å². The van der Waals surface area contributed by atoms with Crippen molar-refractivity contribution in [3.05, 3.63) is 16.9 Å². The Labute approximate surface area is 89.4 Å². The smallest absolute Gasteiger partial charge is 0.249 e. The van der Waals surface area contributed by atoms with Crippen LogP contribution in [-0.2, 0) is 0 Å². The van der Waals surface area contributed by atoms with Gasteiger partial charge in [0, 0.05) is 6.42 Å². The average Bonchev–Trinajstić information content (AvgIpc) is 2.51. The molecule has 1 aromatic rings. The van der Waals surface area contributed by atoms with E-state index in [4.69, 9.17) is 0 Å². The first-order valence-corrected chi connectivity index (χ1v) is 5.47. The van der Waals surface area contributed by atoms with Gasteiger partial charge in [0.25, 0.3) is 5.92 Å². The highest BCUT2D eigenvalue weighted by Gasteiger charge is 2.43. The van der Waals surface area contributed by atoms with Gasteiger partial charge in [-0.05, 0) is 34.8 Å². The van der Waals surface area contributed by atoms with Gasteiger partial charge in [0.1, 0.15) is 10.6 Å². The standard InChI is InChI=1S/C9H11BrF2N2/c10-8-4-6-13-14(8)7-3-1-2-5-9(7,11)12/h4,6-7H,1-3,5H2. The molecular formula is C9H11BrF2N2. The predicted molar refractivity (Wildman–Crippen MR) is 52.4 cm³/mol. The van der Waals surface area contributed by atoms with Crippen LogP contribution in [0.3, 0.4) is 0 Å². The highest BCUT2D eigenvalue weighted by molar-refractivity contribution is 9.10. The molecule has 5 heteroatoms. The predicted octanol–water partition coefficient (Wildman–Crippen LogP) is 3.40. The molecule has 2 nitrogen and oxygen atoms in total. The van der Waals surface area contributed by atoms with Crippen molar-refractivity contribution in [1.29, 1.82) is 0 Å². The zero-order chi connectivity index (χ0) is 10.2. The lowest BCUT2D eigenvalue weighted by Gasteiger charge is -2.31. The molecule has 0 amide bonds. The maximum absolute atomic E-state index is 13.5. The quantitative estimate of drug-likeness (QED) is 0.761. The monoisotopic (exact) mass is 264 g/mol. The Morgan fingerprint density at radius 1 is 1.50 bits per heavy atom. The summed E-state index contributed by atoms with van der Waals surface area (Å²) in [5.41, 5.74) is 0. The van der Waals surface area contributed by atoms with Crippen LogP contribution < -0.4 is 0 Å². The molecule has 0 bridgehead atoms. The second-order valence-electron chi connectivity index (χ2n) is 3.62. The lowest BCUT2D eigenvalue weighted by atomic mass is 9.92. The molecule has 0 aromatic carbocycles. The number of nitrogens with zero attached hydrogens (tertiary/aromatic N) is 2. The first-order chi connectivity index (χ1) is 6.61. The summed E-state index contributed by atoms with van der Waals surface area (Å²) in [6.07, 6.45) is 3.49. The van der Waals surface area contributed by atoms with Crippen LogP contribution in [0.5, 0.6) is 0 Å². The fourth-order valence-corrected chi connectivity index (χ4v) is 2.36. The number of halogens is 3.